The second kappa shape index (κ2) is 1.09. The zero-order valence-electron chi connectivity index (χ0n) is 3.94. The summed E-state index contributed by atoms with van der Waals surface area (Å²) in [7, 11) is 0. The minimum atomic E-state index is 0.380. The van der Waals surface area contributed by atoms with Gasteiger partial charge in [-0.15, -0.1) is 0 Å². The molecule has 0 saturated heterocycles. The highest BCUT2D eigenvalue weighted by molar-refractivity contribution is 5.16. The lowest BCUT2D eigenvalue weighted by Crippen LogP contribution is -2.24. The van der Waals surface area contributed by atoms with Crippen LogP contribution < -0.4 is 5.73 Å². The molecular formula is C5H9N. The predicted molar refractivity (Wildman–Crippen MR) is 26.3 cm³/mol. The Labute approximate surface area is 37.8 Å². The first-order valence-corrected chi connectivity index (χ1v) is 2.22. The molecule has 1 heteroatoms. The second-order valence-electron chi connectivity index (χ2n) is 1.88. The molecule has 0 spiro atoms. The lowest BCUT2D eigenvalue weighted by Gasteiger charge is -2.16. The van der Waals surface area contributed by atoms with Crippen molar-refractivity contribution in [3.8, 4) is 0 Å². The van der Waals surface area contributed by atoms with Crippen LogP contribution >= 0.6 is 0 Å². The first kappa shape index (κ1) is 3.88. The van der Waals surface area contributed by atoms with E-state index in [-0.39, 0.29) is 0 Å². The molecule has 0 aromatic carbocycles. The Morgan fingerprint density at radius 2 is 2.50 bits per heavy atom. The van der Waals surface area contributed by atoms with Crippen molar-refractivity contribution in [2.45, 2.75) is 19.4 Å². The quantitative estimate of drug-likeness (QED) is 0.428. The Bertz CT molecular complexity index is 83.9. The smallest absolute Gasteiger partial charge is 0.0263 e. The highest BCUT2D eigenvalue weighted by Gasteiger charge is 2.07. The molecule has 1 aliphatic rings. The number of nitrogens with two attached hydrogens (primary N) is 1. The van der Waals surface area contributed by atoms with Crippen LogP contribution in [0.4, 0.5) is 0 Å². The molecule has 0 aromatic rings. The molecule has 0 fully saturated rings. The van der Waals surface area contributed by atoms with E-state index in [1.54, 1.807) is 0 Å². The monoisotopic (exact) mass is 83.1 g/mol. The van der Waals surface area contributed by atoms with E-state index in [9.17, 15) is 0 Å². The van der Waals surface area contributed by atoms with Gasteiger partial charge in [0.05, 0.1) is 0 Å². The van der Waals surface area contributed by atoms with E-state index >= 15 is 0 Å². The first-order chi connectivity index (χ1) is 2.79. The van der Waals surface area contributed by atoms with E-state index in [0.717, 1.165) is 6.42 Å². The van der Waals surface area contributed by atoms with Crippen LogP contribution in [-0.2, 0) is 0 Å². The molecule has 1 atom stereocenters. The molecule has 1 aliphatic carbocycles. The molecule has 0 amide bonds. The van der Waals surface area contributed by atoms with Gasteiger partial charge in [-0.25, -0.2) is 0 Å². The van der Waals surface area contributed by atoms with E-state index in [1.165, 1.54) is 5.57 Å². The highest BCUT2D eigenvalue weighted by atomic mass is 14.6. The van der Waals surface area contributed by atoms with Crippen molar-refractivity contribution in [3.05, 3.63) is 11.6 Å². The lowest BCUT2D eigenvalue weighted by molar-refractivity contribution is 0.721. The van der Waals surface area contributed by atoms with Crippen LogP contribution in [0.5, 0.6) is 0 Å². The summed E-state index contributed by atoms with van der Waals surface area (Å²) in [5, 5.41) is 0. The van der Waals surface area contributed by atoms with Crippen LogP contribution in [-0.4, -0.2) is 6.04 Å². The summed E-state index contributed by atoms with van der Waals surface area (Å²) in [6, 6.07) is 0.380. The summed E-state index contributed by atoms with van der Waals surface area (Å²) < 4.78 is 0. The van der Waals surface area contributed by atoms with Crippen LogP contribution in [0.25, 0.3) is 0 Å². The fourth-order valence-corrected chi connectivity index (χ4v) is 0.704. The Kier molecular flexibility index (Phi) is 0.701. The average molecular weight is 83.1 g/mol. The molecule has 0 aliphatic heterocycles. The first-order valence-electron chi connectivity index (χ1n) is 2.22. The van der Waals surface area contributed by atoms with Crippen LogP contribution in [0.15, 0.2) is 11.6 Å². The molecule has 0 aromatic heterocycles. The van der Waals surface area contributed by atoms with Gasteiger partial charge >= 0.3 is 0 Å². The van der Waals surface area contributed by atoms with Gasteiger partial charge in [0.15, 0.2) is 0 Å². The molecule has 2 N–H and O–H groups in total. The zero-order valence-corrected chi connectivity index (χ0v) is 3.94. The molecule has 1 nitrogen and oxygen atoms in total. The normalized spacial score (nSPS) is 31.7. The Morgan fingerprint density at radius 1 is 2.00 bits per heavy atom. The lowest BCUT2D eigenvalue weighted by atomic mass is 9.96. The summed E-state index contributed by atoms with van der Waals surface area (Å²) in [5.74, 6) is 0. The van der Waals surface area contributed by atoms with E-state index < -0.39 is 0 Å². The Hall–Kier alpha value is -0.300. The molecule has 1 unspecified atom stereocenters. The minimum absolute atomic E-state index is 0.380. The van der Waals surface area contributed by atoms with E-state index in [4.69, 9.17) is 5.73 Å². The molecule has 6 heavy (non-hydrogen) atoms. The average Bonchev–Trinajstić information content (AvgIpc) is 1.33. The van der Waals surface area contributed by atoms with E-state index in [0.29, 0.717) is 6.04 Å². The van der Waals surface area contributed by atoms with Crippen LogP contribution in [0.1, 0.15) is 13.3 Å². The van der Waals surface area contributed by atoms with Crippen molar-refractivity contribution in [3.63, 3.8) is 0 Å². The molecule has 34 valence electrons. The molecule has 0 bridgehead atoms. The summed E-state index contributed by atoms with van der Waals surface area (Å²) in [6.07, 6.45) is 3.19. The Morgan fingerprint density at radius 3 is 2.50 bits per heavy atom. The van der Waals surface area contributed by atoms with Crippen molar-refractivity contribution in [1.29, 1.82) is 0 Å². The van der Waals surface area contributed by atoms with Gasteiger partial charge < -0.3 is 5.73 Å². The number of rotatable bonds is 0. The second-order valence-corrected chi connectivity index (χ2v) is 1.88. The van der Waals surface area contributed by atoms with Crippen LogP contribution in [0.2, 0.25) is 0 Å². The van der Waals surface area contributed by atoms with Gasteiger partial charge in [0.1, 0.15) is 0 Å². The van der Waals surface area contributed by atoms with E-state index in [1.807, 2.05) is 0 Å². The molecule has 1 rings (SSSR count). The fraction of sp³-hybridized carbons (Fsp3) is 0.600. The minimum Gasteiger partial charge on any atom is -0.324 e. The molecule has 0 heterocycles. The SMILES string of the molecule is CC1=CC(N)C1. The maximum absolute atomic E-state index is 5.39. The molecular weight excluding hydrogens is 74.1 g/mol. The van der Waals surface area contributed by atoms with Gasteiger partial charge in [-0.3, -0.25) is 0 Å². The number of hydrogen-bond acceptors (Lipinski definition) is 1. The molecule has 0 saturated carbocycles. The van der Waals surface area contributed by atoms with Gasteiger partial charge in [-0.05, 0) is 13.3 Å². The predicted octanol–water partition coefficient (Wildman–Crippen LogP) is 0.664. The standard InChI is InChI=1S/C5H9N/c1-4-2-5(6)3-4/h2,5H,3,6H2,1H3. The van der Waals surface area contributed by atoms with Crippen molar-refractivity contribution in [1.82, 2.24) is 0 Å². The van der Waals surface area contributed by atoms with Gasteiger partial charge in [0, 0.05) is 6.04 Å². The third-order valence-corrected chi connectivity index (χ3v) is 1.06. The largest absolute Gasteiger partial charge is 0.324 e. The highest BCUT2D eigenvalue weighted by Crippen LogP contribution is 2.14. The summed E-state index contributed by atoms with van der Waals surface area (Å²) in [5.41, 5.74) is 6.83. The fourth-order valence-electron chi connectivity index (χ4n) is 0.704. The van der Waals surface area contributed by atoms with Crippen LogP contribution in [0.3, 0.4) is 0 Å². The van der Waals surface area contributed by atoms with Crippen molar-refractivity contribution >= 4 is 0 Å². The van der Waals surface area contributed by atoms with Gasteiger partial charge in [0.25, 0.3) is 0 Å². The maximum atomic E-state index is 5.39. The maximum Gasteiger partial charge on any atom is 0.0263 e. The summed E-state index contributed by atoms with van der Waals surface area (Å²) >= 11 is 0. The number of hydrogen-bond donors (Lipinski definition) is 1. The summed E-state index contributed by atoms with van der Waals surface area (Å²) in [6.45, 7) is 2.10. The van der Waals surface area contributed by atoms with E-state index in [2.05, 4.69) is 13.0 Å². The molecule has 0 radical (unpaired) electrons. The van der Waals surface area contributed by atoms with Crippen LogP contribution in [0, 0.1) is 0 Å². The zero-order chi connectivity index (χ0) is 4.57. The Balaban J connectivity index is 2.46. The van der Waals surface area contributed by atoms with Crippen molar-refractivity contribution in [2.75, 3.05) is 0 Å². The summed E-state index contributed by atoms with van der Waals surface area (Å²) in [4.78, 5) is 0. The van der Waals surface area contributed by atoms with Gasteiger partial charge in [0.2, 0.25) is 0 Å². The van der Waals surface area contributed by atoms with Gasteiger partial charge in [-0.2, -0.15) is 0 Å². The topological polar surface area (TPSA) is 26.0 Å². The third kappa shape index (κ3) is 0.455. The van der Waals surface area contributed by atoms with Gasteiger partial charge in [-0.1, -0.05) is 11.6 Å². The van der Waals surface area contributed by atoms with Crippen molar-refractivity contribution in [2.24, 2.45) is 5.73 Å². The van der Waals surface area contributed by atoms with Crippen molar-refractivity contribution < 1.29 is 0 Å². The third-order valence-electron chi connectivity index (χ3n) is 1.06.